The fraction of sp³-hybridized carbons (Fsp3) is 0.158. The second-order valence-electron chi connectivity index (χ2n) is 5.75. The molecule has 0 fully saturated rings. The summed E-state index contributed by atoms with van der Waals surface area (Å²) in [6.45, 7) is 3.41. The van der Waals surface area contributed by atoms with Crippen LogP contribution in [-0.4, -0.2) is 10.9 Å². The van der Waals surface area contributed by atoms with Gasteiger partial charge in [0.2, 0.25) is 0 Å². The van der Waals surface area contributed by atoms with E-state index in [4.69, 9.17) is 28.6 Å². The van der Waals surface area contributed by atoms with Crippen molar-refractivity contribution in [1.29, 1.82) is 0 Å². The van der Waals surface area contributed by atoms with Crippen molar-refractivity contribution in [3.8, 4) is 11.5 Å². The van der Waals surface area contributed by atoms with Crippen molar-refractivity contribution in [3.63, 3.8) is 0 Å². The van der Waals surface area contributed by atoms with E-state index >= 15 is 0 Å². The number of benzene rings is 2. The van der Waals surface area contributed by atoms with Crippen molar-refractivity contribution in [3.05, 3.63) is 70.4 Å². The molecule has 4 nitrogen and oxygen atoms in total. The van der Waals surface area contributed by atoms with Crippen LogP contribution in [0.3, 0.4) is 0 Å². The van der Waals surface area contributed by atoms with Gasteiger partial charge in [-0.25, -0.2) is 0 Å². The van der Waals surface area contributed by atoms with E-state index in [9.17, 15) is 4.79 Å². The Bertz CT molecular complexity index is 845. The summed E-state index contributed by atoms with van der Waals surface area (Å²) >= 11 is 11.1. The summed E-state index contributed by atoms with van der Waals surface area (Å²) in [6.07, 6.45) is 0. The molecule has 0 spiro atoms. The maximum absolute atomic E-state index is 12.0. The molecule has 0 bridgehead atoms. The quantitative estimate of drug-likeness (QED) is 0.773. The molecule has 1 aliphatic heterocycles. The third-order valence-corrected chi connectivity index (χ3v) is 4.38. The van der Waals surface area contributed by atoms with Crippen LogP contribution in [0.1, 0.15) is 25.5 Å². The van der Waals surface area contributed by atoms with Gasteiger partial charge in [-0.3, -0.25) is 4.79 Å². The average Bonchev–Trinajstić information content (AvgIpc) is 2.56. The Morgan fingerprint density at radius 2 is 1.64 bits per heavy atom. The lowest BCUT2D eigenvalue weighted by Crippen LogP contribution is -2.44. The Kier molecular flexibility index (Phi) is 5.06. The molecule has 1 heterocycles. The second-order valence-corrected chi connectivity index (χ2v) is 6.60. The van der Waals surface area contributed by atoms with Crippen molar-refractivity contribution in [2.24, 2.45) is 0 Å². The second kappa shape index (κ2) is 7.25. The Morgan fingerprint density at radius 1 is 1.08 bits per heavy atom. The zero-order valence-corrected chi connectivity index (χ0v) is 15.4. The predicted molar refractivity (Wildman–Crippen MR) is 103 cm³/mol. The van der Waals surface area contributed by atoms with Crippen LogP contribution in [0, 0.1) is 0 Å². The van der Waals surface area contributed by atoms with Gasteiger partial charge in [-0.1, -0.05) is 23.7 Å². The van der Waals surface area contributed by atoms with E-state index in [1.165, 1.54) is 0 Å². The Balaban J connectivity index is 1.83. The number of allylic oxidation sites excluding steroid dienone is 1. The van der Waals surface area contributed by atoms with Crippen LogP contribution in [0.5, 0.6) is 11.5 Å². The number of thiocarbonyl (C=S) groups is 1. The van der Waals surface area contributed by atoms with Crippen LogP contribution in [0.15, 0.2) is 59.8 Å². The molecule has 0 aromatic heterocycles. The van der Waals surface area contributed by atoms with Gasteiger partial charge in [0.05, 0.1) is 6.04 Å². The first kappa shape index (κ1) is 17.5. The summed E-state index contributed by atoms with van der Waals surface area (Å²) < 4.78 is 5.80. The number of Topliss-reactive ketones (excluding diaryl/α,β-unsaturated/α-hetero) is 1. The molecule has 128 valence electrons. The average molecular weight is 373 g/mol. The van der Waals surface area contributed by atoms with Crippen molar-refractivity contribution >= 4 is 34.7 Å². The minimum absolute atomic E-state index is 0.00601. The van der Waals surface area contributed by atoms with Crippen LogP contribution >= 0.6 is 23.8 Å². The van der Waals surface area contributed by atoms with E-state index in [1.54, 1.807) is 19.1 Å². The fourth-order valence-corrected chi connectivity index (χ4v) is 3.17. The number of ketones is 1. The molecule has 0 saturated carbocycles. The molecule has 1 aliphatic rings. The third kappa shape index (κ3) is 4.00. The lowest BCUT2D eigenvalue weighted by Gasteiger charge is -2.29. The minimum atomic E-state index is -0.268. The lowest BCUT2D eigenvalue weighted by atomic mass is 9.93. The fourth-order valence-electron chi connectivity index (χ4n) is 2.78. The topological polar surface area (TPSA) is 50.4 Å². The van der Waals surface area contributed by atoms with Crippen LogP contribution in [-0.2, 0) is 4.79 Å². The van der Waals surface area contributed by atoms with Crippen LogP contribution in [0.4, 0.5) is 0 Å². The highest BCUT2D eigenvalue weighted by Crippen LogP contribution is 2.30. The molecule has 6 heteroatoms. The van der Waals surface area contributed by atoms with E-state index in [0.29, 0.717) is 27.2 Å². The number of hydrogen-bond donors (Lipinski definition) is 2. The van der Waals surface area contributed by atoms with E-state index in [2.05, 4.69) is 10.6 Å². The van der Waals surface area contributed by atoms with Gasteiger partial charge >= 0.3 is 0 Å². The van der Waals surface area contributed by atoms with Gasteiger partial charge in [0.15, 0.2) is 10.9 Å². The molecule has 0 amide bonds. The van der Waals surface area contributed by atoms with E-state index < -0.39 is 0 Å². The first-order chi connectivity index (χ1) is 11.9. The van der Waals surface area contributed by atoms with Crippen molar-refractivity contribution in [2.75, 3.05) is 0 Å². The monoisotopic (exact) mass is 372 g/mol. The Hall–Kier alpha value is -2.37. The molecule has 2 N–H and O–H groups in total. The normalized spacial score (nSPS) is 16.9. The minimum Gasteiger partial charge on any atom is -0.457 e. The number of carbonyl (C=O) groups is 1. The maximum Gasteiger partial charge on any atom is 0.171 e. The van der Waals surface area contributed by atoms with Crippen molar-refractivity contribution in [2.45, 2.75) is 19.9 Å². The van der Waals surface area contributed by atoms with Crippen molar-refractivity contribution < 1.29 is 9.53 Å². The summed E-state index contributed by atoms with van der Waals surface area (Å²) in [6, 6.07) is 14.5. The molecule has 2 aromatic carbocycles. The molecule has 1 atom stereocenters. The third-order valence-electron chi connectivity index (χ3n) is 3.91. The molecular formula is C19H17ClN2O2S. The summed E-state index contributed by atoms with van der Waals surface area (Å²) in [5.74, 6) is 1.41. The smallest absolute Gasteiger partial charge is 0.171 e. The zero-order valence-electron chi connectivity index (χ0n) is 13.8. The Labute approximate surface area is 156 Å². The molecular weight excluding hydrogens is 356 g/mol. The molecule has 3 rings (SSSR count). The van der Waals surface area contributed by atoms with Gasteiger partial charge in [0, 0.05) is 16.3 Å². The largest absolute Gasteiger partial charge is 0.457 e. The first-order valence-corrected chi connectivity index (χ1v) is 8.55. The number of rotatable bonds is 4. The Morgan fingerprint density at radius 3 is 2.20 bits per heavy atom. The molecule has 0 aliphatic carbocycles. The molecule has 0 saturated heterocycles. The highest BCUT2D eigenvalue weighted by Gasteiger charge is 2.27. The predicted octanol–water partition coefficient (Wildman–Crippen LogP) is 4.51. The van der Waals surface area contributed by atoms with E-state index in [0.717, 1.165) is 11.3 Å². The summed E-state index contributed by atoms with van der Waals surface area (Å²) in [4.78, 5) is 12.0. The van der Waals surface area contributed by atoms with Gasteiger partial charge in [0.25, 0.3) is 0 Å². The van der Waals surface area contributed by atoms with Gasteiger partial charge < -0.3 is 15.4 Å². The highest BCUT2D eigenvalue weighted by atomic mass is 35.5. The molecule has 25 heavy (non-hydrogen) atoms. The van der Waals surface area contributed by atoms with Crippen LogP contribution in [0.2, 0.25) is 5.02 Å². The first-order valence-electron chi connectivity index (χ1n) is 7.76. The number of ether oxygens (including phenoxy) is 1. The highest BCUT2D eigenvalue weighted by molar-refractivity contribution is 7.80. The lowest BCUT2D eigenvalue weighted by molar-refractivity contribution is -0.114. The van der Waals surface area contributed by atoms with Gasteiger partial charge in [-0.2, -0.15) is 0 Å². The summed E-state index contributed by atoms with van der Waals surface area (Å²) in [7, 11) is 0. The number of carbonyl (C=O) groups excluding carboxylic acids is 1. The molecule has 1 unspecified atom stereocenters. The number of nitrogens with one attached hydrogen (secondary N) is 2. The summed E-state index contributed by atoms with van der Waals surface area (Å²) in [5, 5.41) is 7.33. The maximum atomic E-state index is 12.0. The van der Waals surface area contributed by atoms with Gasteiger partial charge in [-0.05, 0) is 68.0 Å². The molecule has 2 aromatic rings. The summed E-state index contributed by atoms with van der Waals surface area (Å²) in [5.41, 5.74) is 2.40. The standard InChI is InChI=1S/C19H17ClN2O2S/c1-11-17(12(2)23)18(22-19(25)21-11)13-3-7-15(8-4-13)24-16-9-5-14(20)6-10-16/h3-10,18H,1-2H3,(H2,21,22,25). The number of hydrogen-bond acceptors (Lipinski definition) is 3. The molecule has 0 radical (unpaired) electrons. The van der Waals surface area contributed by atoms with Gasteiger partial charge in [0.1, 0.15) is 11.5 Å². The van der Waals surface area contributed by atoms with E-state index in [-0.39, 0.29) is 11.8 Å². The van der Waals surface area contributed by atoms with Crippen LogP contribution < -0.4 is 15.4 Å². The van der Waals surface area contributed by atoms with Crippen LogP contribution in [0.25, 0.3) is 0 Å². The van der Waals surface area contributed by atoms with Gasteiger partial charge in [-0.15, -0.1) is 0 Å². The zero-order chi connectivity index (χ0) is 18.0. The number of halogens is 1. The SMILES string of the molecule is CC(=O)C1=C(C)NC(=S)NC1c1ccc(Oc2ccc(Cl)cc2)cc1. The van der Waals surface area contributed by atoms with E-state index in [1.807, 2.05) is 43.3 Å². The van der Waals surface area contributed by atoms with Crippen molar-refractivity contribution in [1.82, 2.24) is 10.6 Å².